The molecule has 44 heavy (non-hydrogen) atoms. The standard InChI is InChI=1S/C35H37N3O5S/c1-8-42-33(40)26-14-16-28(17-15-26)37-21(5)18-27(23(37)7)19-29-32(39)38-31(25-12-10-24(11-13-25)20(3)4)30(34(41)43-9-2)22(6)36-35(38)44-29/h10-20,31H,8-9H2,1-7H3/b29-19-/t31-/m1/s1. The summed E-state index contributed by atoms with van der Waals surface area (Å²) in [7, 11) is 0. The van der Waals surface area contributed by atoms with Crippen molar-refractivity contribution in [1.29, 1.82) is 0 Å². The van der Waals surface area contributed by atoms with Gasteiger partial charge in [0.2, 0.25) is 0 Å². The lowest BCUT2D eigenvalue weighted by atomic mass is 9.93. The number of hydrogen-bond donors (Lipinski definition) is 0. The summed E-state index contributed by atoms with van der Waals surface area (Å²) >= 11 is 1.30. The molecule has 0 saturated heterocycles. The van der Waals surface area contributed by atoms with Crippen LogP contribution >= 0.6 is 11.3 Å². The van der Waals surface area contributed by atoms with Crippen molar-refractivity contribution in [3.63, 3.8) is 0 Å². The Bertz CT molecular complexity index is 1940. The molecule has 8 nitrogen and oxygen atoms in total. The minimum atomic E-state index is -0.654. The highest BCUT2D eigenvalue weighted by molar-refractivity contribution is 7.07. The summed E-state index contributed by atoms with van der Waals surface area (Å²) in [4.78, 5) is 44.7. The van der Waals surface area contributed by atoms with Crippen LogP contribution in [0, 0.1) is 13.8 Å². The number of nitrogens with zero attached hydrogens (tertiary/aromatic N) is 3. The van der Waals surface area contributed by atoms with Crippen LogP contribution in [0.2, 0.25) is 0 Å². The molecule has 2 aromatic heterocycles. The van der Waals surface area contributed by atoms with E-state index in [1.807, 2.05) is 62.4 Å². The molecule has 0 bridgehead atoms. The lowest BCUT2D eigenvalue weighted by Crippen LogP contribution is -2.39. The summed E-state index contributed by atoms with van der Waals surface area (Å²) in [6.45, 7) is 14.1. The van der Waals surface area contributed by atoms with Gasteiger partial charge in [0.05, 0.1) is 40.6 Å². The number of allylic oxidation sites excluding steroid dienone is 1. The Morgan fingerprint density at radius 2 is 1.59 bits per heavy atom. The van der Waals surface area contributed by atoms with E-state index in [9.17, 15) is 14.4 Å². The molecule has 5 rings (SSSR count). The zero-order chi connectivity index (χ0) is 31.7. The minimum Gasteiger partial charge on any atom is -0.463 e. The van der Waals surface area contributed by atoms with E-state index in [0.29, 0.717) is 38.7 Å². The van der Waals surface area contributed by atoms with E-state index >= 15 is 0 Å². The Morgan fingerprint density at radius 1 is 0.955 bits per heavy atom. The molecule has 1 aliphatic heterocycles. The molecule has 0 unspecified atom stereocenters. The fourth-order valence-electron chi connectivity index (χ4n) is 5.60. The van der Waals surface area contributed by atoms with Crippen molar-refractivity contribution < 1.29 is 19.1 Å². The quantitative estimate of drug-likeness (QED) is 0.245. The minimum absolute atomic E-state index is 0.218. The summed E-state index contributed by atoms with van der Waals surface area (Å²) < 4.78 is 14.8. The molecule has 9 heteroatoms. The fraction of sp³-hybridized carbons (Fsp3) is 0.314. The maximum atomic E-state index is 14.1. The number of esters is 2. The maximum absolute atomic E-state index is 14.1. The normalized spacial score (nSPS) is 14.9. The summed E-state index contributed by atoms with van der Waals surface area (Å²) in [6.07, 6.45) is 1.89. The van der Waals surface area contributed by atoms with Crippen molar-refractivity contribution >= 4 is 29.4 Å². The van der Waals surface area contributed by atoms with Gasteiger partial charge in [-0.25, -0.2) is 14.6 Å². The molecule has 228 valence electrons. The molecule has 3 heterocycles. The molecular formula is C35H37N3O5S. The molecule has 0 saturated carbocycles. The number of ether oxygens (including phenoxy) is 2. The average molecular weight is 612 g/mol. The number of carbonyl (C=O) groups is 2. The van der Waals surface area contributed by atoms with Gasteiger partial charge < -0.3 is 14.0 Å². The van der Waals surface area contributed by atoms with Crippen molar-refractivity contribution in [3.8, 4) is 5.69 Å². The Labute approximate surface area is 260 Å². The number of aromatic nitrogens is 2. The molecular weight excluding hydrogens is 574 g/mol. The molecule has 0 fully saturated rings. The summed E-state index contributed by atoms with van der Waals surface area (Å²) in [5, 5.41) is 0. The van der Waals surface area contributed by atoms with Crippen LogP contribution in [0.15, 0.2) is 75.7 Å². The van der Waals surface area contributed by atoms with Crippen LogP contribution in [-0.2, 0) is 14.3 Å². The van der Waals surface area contributed by atoms with E-state index in [1.165, 1.54) is 16.9 Å². The van der Waals surface area contributed by atoms with Crippen LogP contribution in [-0.4, -0.2) is 34.3 Å². The topological polar surface area (TPSA) is 91.9 Å². The van der Waals surface area contributed by atoms with Crippen LogP contribution < -0.4 is 14.9 Å². The molecule has 0 aliphatic carbocycles. The highest BCUT2D eigenvalue weighted by Crippen LogP contribution is 2.31. The number of fused-ring (bicyclic) bond motifs is 1. The highest BCUT2D eigenvalue weighted by atomic mass is 32.1. The SMILES string of the molecule is CCOC(=O)C1=C(C)N=c2s/c(=C\c3cc(C)n(-c4ccc(C(=O)OCC)cc4)c3C)c(=O)n2[C@@H]1c1ccc(C(C)C)cc1. The third-order valence-corrected chi connectivity index (χ3v) is 8.81. The van der Waals surface area contributed by atoms with E-state index in [0.717, 1.165) is 28.2 Å². The first-order chi connectivity index (χ1) is 21.0. The van der Waals surface area contributed by atoms with E-state index in [2.05, 4.69) is 18.4 Å². The fourth-order valence-corrected chi connectivity index (χ4v) is 6.64. The van der Waals surface area contributed by atoms with Gasteiger partial charge in [0.15, 0.2) is 4.80 Å². The van der Waals surface area contributed by atoms with E-state index in [4.69, 9.17) is 14.5 Å². The third-order valence-electron chi connectivity index (χ3n) is 7.83. The molecule has 2 aromatic carbocycles. The van der Waals surface area contributed by atoms with Crippen molar-refractivity contribution in [1.82, 2.24) is 9.13 Å². The van der Waals surface area contributed by atoms with Crippen molar-refractivity contribution in [2.75, 3.05) is 13.2 Å². The van der Waals surface area contributed by atoms with Crippen molar-refractivity contribution in [2.24, 2.45) is 4.99 Å². The van der Waals surface area contributed by atoms with Crippen LogP contribution in [0.3, 0.4) is 0 Å². The molecule has 1 atom stereocenters. The zero-order valence-electron chi connectivity index (χ0n) is 26.1. The van der Waals surface area contributed by atoms with Crippen molar-refractivity contribution in [2.45, 2.75) is 60.4 Å². The monoisotopic (exact) mass is 611 g/mol. The Hall–Kier alpha value is -4.50. The zero-order valence-corrected chi connectivity index (χ0v) is 27.0. The smallest absolute Gasteiger partial charge is 0.338 e. The first-order valence-corrected chi connectivity index (χ1v) is 15.6. The first-order valence-electron chi connectivity index (χ1n) is 14.8. The van der Waals surface area contributed by atoms with Crippen LogP contribution in [0.5, 0.6) is 0 Å². The number of thiazole rings is 1. The van der Waals surface area contributed by atoms with Gasteiger partial charge in [-0.2, -0.15) is 0 Å². The Kier molecular flexibility index (Phi) is 8.87. The van der Waals surface area contributed by atoms with Crippen molar-refractivity contribution in [3.05, 3.63) is 119 Å². The lowest BCUT2D eigenvalue weighted by molar-refractivity contribution is -0.139. The van der Waals surface area contributed by atoms with Gasteiger partial charge in [-0.1, -0.05) is 49.4 Å². The van der Waals surface area contributed by atoms with Crippen LogP contribution in [0.25, 0.3) is 11.8 Å². The molecule has 0 N–H and O–H groups in total. The first kappa shape index (κ1) is 30.9. The second-order valence-electron chi connectivity index (χ2n) is 11.1. The summed E-state index contributed by atoms with van der Waals surface area (Å²) in [6, 6.07) is 16.7. The Morgan fingerprint density at radius 3 is 2.20 bits per heavy atom. The molecule has 1 aliphatic rings. The van der Waals surface area contributed by atoms with Crippen LogP contribution in [0.1, 0.15) is 85.0 Å². The van der Waals surface area contributed by atoms with E-state index < -0.39 is 12.0 Å². The number of benzene rings is 2. The predicted molar refractivity (Wildman–Crippen MR) is 172 cm³/mol. The van der Waals surface area contributed by atoms with Gasteiger partial charge in [0.25, 0.3) is 5.56 Å². The molecule has 0 amide bonds. The number of rotatable bonds is 8. The number of carbonyl (C=O) groups excluding carboxylic acids is 2. The molecule has 4 aromatic rings. The molecule has 0 radical (unpaired) electrons. The summed E-state index contributed by atoms with van der Waals surface area (Å²) in [5.41, 5.74) is 6.89. The van der Waals surface area contributed by atoms with Gasteiger partial charge >= 0.3 is 11.9 Å². The second-order valence-corrected chi connectivity index (χ2v) is 12.1. The van der Waals surface area contributed by atoms with Gasteiger partial charge in [-0.05, 0) is 93.6 Å². The van der Waals surface area contributed by atoms with Gasteiger partial charge in [0, 0.05) is 17.1 Å². The average Bonchev–Trinajstić information content (AvgIpc) is 3.45. The second kappa shape index (κ2) is 12.6. The van der Waals surface area contributed by atoms with Crippen LogP contribution in [0.4, 0.5) is 0 Å². The molecule has 0 spiro atoms. The maximum Gasteiger partial charge on any atom is 0.338 e. The lowest BCUT2D eigenvalue weighted by Gasteiger charge is -2.25. The van der Waals surface area contributed by atoms with Gasteiger partial charge in [0.1, 0.15) is 0 Å². The van der Waals surface area contributed by atoms with Gasteiger partial charge in [-0.3, -0.25) is 9.36 Å². The van der Waals surface area contributed by atoms with Gasteiger partial charge in [-0.15, -0.1) is 0 Å². The summed E-state index contributed by atoms with van der Waals surface area (Å²) in [5.74, 6) is -0.479. The largest absolute Gasteiger partial charge is 0.463 e. The predicted octanol–water partition coefficient (Wildman–Crippen LogP) is 5.51. The highest BCUT2D eigenvalue weighted by Gasteiger charge is 2.33. The number of hydrogen-bond acceptors (Lipinski definition) is 7. The van der Waals surface area contributed by atoms with E-state index in [-0.39, 0.29) is 18.1 Å². The number of aryl methyl sites for hydroxylation is 1. The van der Waals surface area contributed by atoms with E-state index in [1.54, 1.807) is 37.5 Å². The third kappa shape index (κ3) is 5.71. The Balaban J connectivity index is 1.61.